The molecule has 0 radical (unpaired) electrons. The fourth-order valence-corrected chi connectivity index (χ4v) is 5.72. The minimum Gasteiger partial charge on any atom is -0.492 e. The predicted molar refractivity (Wildman–Crippen MR) is 130 cm³/mol. The molecular weight excluding hydrogens is 469 g/mol. The minimum atomic E-state index is -0.396. The second-order valence-corrected chi connectivity index (χ2v) is 11.0. The number of esters is 1. The van der Waals surface area contributed by atoms with E-state index < -0.39 is 5.97 Å². The Balaban J connectivity index is 1.62. The quantitative estimate of drug-likeness (QED) is 0.337. The lowest BCUT2D eigenvalue weighted by atomic mass is 9.72. The van der Waals surface area contributed by atoms with Crippen molar-refractivity contribution in [2.24, 2.45) is 11.3 Å². The lowest BCUT2D eigenvalue weighted by Crippen LogP contribution is -2.26. The molecule has 1 aromatic heterocycles. The first-order chi connectivity index (χ1) is 15.1. The van der Waals surface area contributed by atoms with E-state index in [4.69, 9.17) is 32.7 Å². The zero-order valence-electron chi connectivity index (χ0n) is 18.8. The highest BCUT2D eigenvalue weighted by molar-refractivity contribution is 7.17. The van der Waals surface area contributed by atoms with E-state index >= 15 is 0 Å². The Morgan fingerprint density at radius 2 is 2.00 bits per heavy atom. The van der Waals surface area contributed by atoms with Crippen molar-refractivity contribution >= 4 is 51.4 Å². The Morgan fingerprint density at radius 3 is 2.66 bits per heavy atom. The zero-order valence-corrected chi connectivity index (χ0v) is 21.2. The van der Waals surface area contributed by atoms with Crippen LogP contribution in [0.4, 0.5) is 5.00 Å². The number of fused-ring (bicyclic) bond motifs is 1. The van der Waals surface area contributed by atoms with E-state index in [1.54, 1.807) is 18.2 Å². The molecular formula is C24H29Cl2NO4S. The summed E-state index contributed by atoms with van der Waals surface area (Å²) in [6, 6.07) is 5.02. The average molecular weight is 498 g/mol. The first-order valence-corrected chi connectivity index (χ1v) is 12.3. The number of hydrogen-bond acceptors (Lipinski definition) is 5. The molecule has 32 heavy (non-hydrogen) atoms. The smallest absolute Gasteiger partial charge is 0.341 e. The van der Waals surface area contributed by atoms with Gasteiger partial charge in [-0.3, -0.25) is 4.79 Å². The van der Waals surface area contributed by atoms with Crippen molar-refractivity contribution in [3.63, 3.8) is 0 Å². The molecule has 0 fully saturated rings. The van der Waals surface area contributed by atoms with Crippen molar-refractivity contribution in [3.8, 4) is 5.75 Å². The van der Waals surface area contributed by atoms with Crippen molar-refractivity contribution in [2.45, 2.75) is 52.9 Å². The molecule has 1 N–H and O–H groups in total. The maximum atomic E-state index is 12.6. The number of nitrogens with one attached hydrogen (secondary N) is 1. The number of carbonyl (C=O) groups is 2. The number of carbonyl (C=O) groups excluding carboxylic acids is 2. The van der Waals surface area contributed by atoms with Gasteiger partial charge in [-0.15, -0.1) is 11.3 Å². The largest absolute Gasteiger partial charge is 0.492 e. The number of rotatable bonds is 7. The van der Waals surface area contributed by atoms with Crippen LogP contribution in [-0.4, -0.2) is 25.6 Å². The molecule has 1 aliphatic rings. The van der Waals surface area contributed by atoms with Gasteiger partial charge in [-0.2, -0.15) is 0 Å². The Labute approximate surface area is 203 Å². The Bertz CT molecular complexity index is 997. The molecule has 3 rings (SSSR count). The van der Waals surface area contributed by atoms with Crippen molar-refractivity contribution in [1.82, 2.24) is 0 Å². The van der Waals surface area contributed by atoms with E-state index in [2.05, 4.69) is 26.1 Å². The van der Waals surface area contributed by atoms with Gasteiger partial charge in [-0.25, -0.2) is 4.79 Å². The van der Waals surface area contributed by atoms with Crippen molar-refractivity contribution in [3.05, 3.63) is 44.2 Å². The number of benzene rings is 1. The first-order valence-electron chi connectivity index (χ1n) is 10.7. The number of amides is 1. The van der Waals surface area contributed by atoms with Gasteiger partial charge >= 0.3 is 5.97 Å². The second-order valence-electron chi connectivity index (χ2n) is 9.08. The van der Waals surface area contributed by atoms with E-state index in [-0.39, 0.29) is 17.7 Å². The van der Waals surface area contributed by atoms with Crippen molar-refractivity contribution < 1.29 is 19.1 Å². The molecule has 0 aliphatic heterocycles. The highest BCUT2D eigenvalue weighted by Gasteiger charge is 2.34. The van der Waals surface area contributed by atoms with Crippen LogP contribution in [0.15, 0.2) is 18.2 Å². The number of thiophene rings is 1. The summed E-state index contributed by atoms with van der Waals surface area (Å²) in [7, 11) is 1.37. The summed E-state index contributed by atoms with van der Waals surface area (Å²) < 4.78 is 10.7. The molecule has 1 aromatic carbocycles. The summed E-state index contributed by atoms with van der Waals surface area (Å²) in [5, 5.41) is 4.49. The van der Waals surface area contributed by atoms with Crippen LogP contribution in [0.25, 0.3) is 0 Å². The van der Waals surface area contributed by atoms with Gasteiger partial charge < -0.3 is 14.8 Å². The fraction of sp³-hybridized carbons (Fsp3) is 0.500. The lowest BCUT2D eigenvalue weighted by molar-refractivity contribution is -0.116. The van der Waals surface area contributed by atoms with Gasteiger partial charge in [0.15, 0.2) is 0 Å². The van der Waals surface area contributed by atoms with Gasteiger partial charge in [0, 0.05) is 16.3 Å². The van der Waals surface area contributed by atoms with Crippen LogP contribution < -0.4 is 10.1 Å². The number of anilines is 1. The van der Waals surface area contributed by atoms with E-state index in [1.807, 2.05) is 0 Å². The molecule has 0 bridgehead atoms. The molecule has 1 aliphatic carbocycles. The molecule has 1 heterocycles. The van der Waals surface area contributed by atoms with Crippen LogP contribution in [0.2, 0.25) is 10.0 Å². The van der Waals surface area contributed by atoms with E-state index in [0.717, 1.165) is 24.8 Å². The summed E-state index contributed by atoms with van der Waals surface area (Å²) in [5.41, 5.74) is 1.74. The van der Waals surface area contributed by atoms with Crippen LogP contribution in [0.1, 0.15) is 60.8 Å². The number of ether oxygens (including phenoxy) is 2. The molecule has 0 saturated carbocycles. The maximum absolute atomic E-state index is 12.6. The van der Waals surface area contributed by atoms with Crippen LogP contribution in [0.3, 0.4) is 0 Å². The van der Waals surface area contributed by atoms with Crippen LogP contribution in [-0.2, 0) is 22.4 Å². The molecule has 2 aromatic rings. The first kappa shape index (κ1) is 24.9. The third kappa shape index (κ3) is 5.97. The molecule has 174 valence electrons. The maximum Gasteiger partial charge on any atom is 0.341 e. The standard InChI is InChI=1S/C24H29Cl2NO4S/c1-24(2,3)14-7-9-16-19(12-14)32-22(21(16)23(29)30-4)27-20(28)6-5-11-31-18-10-8-15(25)13-17(18)26/h8,10,13-14H,5-7,9,11-12H2,1-4H3,(H,27,28)/t14-/m0/s1. The van der Waals surface area contributed by atoms with Crippen LogP contribution in [0, 0.1) is 11.3 Å². The molecule has 8 heteroatoms. The van der Waals surface area contributed by atoms with Gasteiger partial charge in [-0.1, -0.05) is 44.0 Å². The van der Waals surface area contributed by atoms with Crippen LogP contribution in [0.5, 0.6) is 5.75 Å². The van der Waals surface area contributed by atoms with Gasteiger partial charge in [0.05, 0.1) is 24.3 Å². The topological polar surface area (TPSA) is 64.6 Å². The average Bonchev–Trinajstić information content (AvgIpc) is 3.08. The van der Waals surface area contributed by atoms with Gasteiger partial charge in [0.25, 0.3) is 0 Å². The lowest BCUT2D eigenvalue weighted by Gasteiger charge is -2.33. The van der Waals surface area contributed by atoms with E-state index in [0.29, 0.717) is 45.3 Å². The monoisotopic (exact) mass is 497 g/mol. The fourth-order valence-electron chi connectivity index (χ4n) is 3.93. The Hall–Kier alpha value is -1.76. The van der Waals surface area contributed by atoms with E-state index in [9.17, 15) is 9.59 Å². The van der Waals surface area contributed by atoms with Gasteiger partial charge in [-0.05, 0) is 60.8 Å². The highest BCUT2D eigenvalue weighted by Crippen LogP contribution is 2.44. The normalized spacial score (nSPS) is 15.8. The third-order valence-corrected chi connectivity index (χ3v) is 7.53. The Morgan fingerprint density at radius 1 is 1.25 bits per heavy atom. The highest BCUT2D eigenvalue weighted by atomic mass is 35.5. The number of hydrogen-bond donors (Lipinski definition) is 1. The number of halogens is 2. The van der Waals surface area contributed by atoms with Crippen molar-refractivity contribution in [1.29, 1.82) is 0 Å². The summed E-state index contributed by atoms with van der Waals surface area (Å²) in [6.07, 6.45) is 3.53. The van der Waals surface area contributed by atoms with Crippen molar-refractivity contribution in [2.75, 3.05) is 19.0 Å². The second kappa shape index (κ2) is 10.4. The summed E-state index contributed by atoms with van der Waals surface area (Å²) in [4.78, 5) is 26.2. The zero-order chi connectivity index (χ0) is 23.5. The van der Waals surface area contributed by atoms with Gasteiger partial charge in [0.1, 0.15) is 10.8 Å². The Kier molecular flexibility index (Phi) is 8.12. The number of methoxy groups -OCH3 is 1. The molecule has 0 spiro atoms. The SMILES string of the molecule is COC(=O)c1c(NC(=O)CCCOc2ccc(Cl)cc2Cl)sc2c1CC[C@H](C(C)(C)C)C2. The summed E-state index contributed by atoms with van der Waals surface area (Å²) in [6.45, 7) is 7.09. The minimum absolute atomic E-state index is 0.160. The molecule has 0 unspecified atom stereocenters. The summed E-state index contributed by atoms with van der Waals surface area (Å²) in [5.74, 6) is 0.517. The predicted octanol–water partition coefficient (Wildman–Crippen LogP) is 6.79. The molecule has 1 amide bonds. The molecule has 0 saturated heterocycles. The van der Waals surface area contributed by atoms with Gasteiger partial charge in [0.2, 0.25) is 5.91 Å². The molecule has 1 atom stereocenters. The molecule has 5 nitrogen and oxygen atoms in total. The van der Waals surface area contributed by atoms with E-state index in [1.165, 1.54) is 23.3 Å². The third-order valence-electron chi connectivity index (χ3n) is 5.83. The summed E-state index contributed by atoms with van der Waals surface area (Å²) >= 11 is 13.5. The van der Waals surface area contributed by atoms with Crippen LogP contribution >= 0.6 is 34.5 Å².